The van der Waals surface area contributed by atoms with E-state index in [9.17, 15) is 14.0 Å². The molecule has 0 aliphatic carbocycles. The summed E-state index contributed by atoms with van der Waals surface area (Å²) in [6, 6.07) is 9.38. The molecule has 24 heavy (non-hydrogen) atoms. The van der Waals surface area contributed by atoms with Crippen LogP contribution in [-0.4, -0.2) is 29.8 Å². The van der Waals surface area contributed by atoms with Crippen LogP contribution in [0, 0.1) is 11.7 Å². The molecule has 3 rings (SSSR count). The number of furan rings is 1. The SMILES string of the molecule is CCN(C(=O)C1CC(=O)N(Cc2ccco2)C1)c1ccc(F)cc1. The lowest BCUT2D eigenvalue weighted by atomic mass is 10.1. The Morgan fingerprint density at radius 1 is 1.33 bits per heavy atom. The lowest BCUT2D eigenvalue weighted by Crippen LogP contribution is -2.37. The van der Waals surface area contributed by atoms with E-state index in [-0.39, 0.29) is 24.1 Å². The average molecular weight is 330 g/mol. The second-order valence-electron chi connectivity index (χ2n) is 5.81. The molecule has 2 heterocycles. The average Bonchev–Trinajstić information content (AvgIpc) is 3.21. The molecule has 1 unspecified atom stereocenters. The van der Waals surface area contributed by atoms with Crippen LogP contribution in [0.25, 0.3) is 0 Å². The summed E-state index contributed by atoms with van der Waals surface area (Å²) >= 11 is 0. The van der Waals surface area contributed by atoms with E-state index < -0.39 is 5.92 Å². The van der Waals surface area contributed by atoms with Crippen molar-refractivity contribution in [2.24, 2.45) is 5.92 Å². The highest BCUT2D eigenvalue weighted by atomic mass is 19.1. The molecule has 1 atom stereocenters. The van der Waals surface area contributed by atoms with Crippen LogP contribution in [0.4, 0.5) is 10.1 Å². The third-order valence-electron chi connectivity index (χ3n) is 4.21. The Hall–Kier alpha value is -2.63. The summed E-state index contributed by atoms with van der Waals surface area (Å²) < 4.78 is 18.3. The van der Waals surface area contributed by atoms with Gasteiger partial charge in [0.1, 0.15) is 11.6 Å². The first-order valence-corrected chi connectivity index (χ1v) is 7.95. The van der Waals surface area contributed by atoms with Crippen LogP contribution in [0.5, 0.6) is 0 Å². The van der Waals surface area contributed by atoms with Gasteiger partial charge < -0.3 is 14.2 Å². The van der Waals surface area contributed by atoms with Crippen LogP contribution in [0.15, 0.2) is 47.1 Å². The molecule has 1 aromatic heterocycles. The van der Waals surface area contributed by atoms with E-state index in [1.54, 1.807) is 40.3 Å². The minimum absolute atomic E-state index is 0.0556. The van der Waals surface area contributed by atoms with Gasteiger partial charge in [-0.1, -0.05) is 0 Å². The van der Waals surface area contributed by atoms with Gasteiger partial charge in [0.05, 0.1) is 18.7 Å². The van der Waals surface area contributed by atoms with E-state index in [2.05, 4.69) is 0 Å². The minimum atomic E-state index is -0.391. The van der Waals surface area contributed by atoms with Gasteiger partial charge in [0.25, 0.3) is 0 Å². The topological polar surface area (TPSA) is 53.8 Å². The Balaban J connectivity index is 1.70. The number of anilines is 1. The molecular formula is C18H19FN2O3. The summed E-state index contributed by atoms with van der Waals surface area (Å²) in [5.74, 6) is -0.206. The Morgan fingerprint density at radius 2 is 2.08 bits per heavy atom. The first-order chi connectivity index (χ1) is 11.6. The first-order valence-electron chi connectivity index (χ1n) is 7.95. The number of carbonyl (C=O) groups is 2. The molecular weight excluding hydrogens is 311 g/mol. The number of rotatable bonds is 5. The van der Waals surface area contributed by atoms with Gasteiger partial charge in [0.15, 0.2) is 0 Å². The number of carbonyl (C=O) groups excluding carboxylic acids is 2. The second kappa shape index (κ2) is 6.86. The summed E-state index contributed by atoms with van der Waals surface area (Å²) in [5, 5.41) is 0. The Kier molecular flexibility index (Phi) is 4.64. The van der Waals surface area contributed by atoms with Gasteiger partial charge in [-0.25, -0.2) is 4.39 Å². The van der Waals surface area contributed by atoms with Gasteiger partial charge in [-0.15, -0.1) is 0 Å². The van der Waals surface area contributed by atoms with Crippen molar-refractivity contribution in [3.8, 4) is 0 Å². The molecule has 2 amide bonds. The minimum Gasteiger partial charge on any atom is -0.467 e. The molecule has 1 fully saturated rings. The molecule has 5 nitrogen and oxygen atoms in total. The molecule has 1 saturated heterocycles. The number of likely N-dealkylation sites (tertiary alicyclic amines) is 1. The number of nitrogens with zero attached hydrogens (tertiary/aromatic N) is 2. The molecule has 0 radical (unpaired) electrons. The van der Waals surface area contributed by atoms with Crippen LogP contribution in [0.1, 0.15) is 19.1 Å². The van der Waals surface area contributed by atoms with E-state index >= 15 is 0 Å². The fourth-order valence-electron chi connectivity index (χ4n) is 2.99. The van der Waals surface area contributed by atoms with Crippen LogP contribution in [0.3, 0.4) is 0 Å². The van der Waals surface area contributed by atoms with E-state index in [0.29, 0.717) is 31.1 Å². The van der Waals surface area contributed by atoms with Crippen molar-refractivity contribution in [3.63, 3.8) is 0 Å². The van der Waals surface area contributed by atoms with Gasteiger partial charge >= 0.3 is 0 Å². The molecule has 0 saturated carbocycles. The summed E-state index contributed by atoms with van der Waals surface area (Å²) in [6.45, 7) is 3.07. The maximum absolute atomic E-state index is 13.1. The number of amides is 2. The van der Waals surface area contributed by atoms with Gasteiger partial charge in [0, 0.05) is 25.2 Å². The van der Waals surface area contributed by atoms with Gasteiger partial charge in [0.2, 0.25) is 11.8 Å². The second-order valence-corrected chi connectivity index (χ2v) is 5.81. The third-order valence-corrected chi connectivity index (χ3v) is 4.21. The zero-order valence-corrected chi connectivity index (χ0v) is 13.4. The lowest BCUT2D eigenvalue weighted by molar-refractivity contribution is -0.129. The van der Waals surface area contributed by atoms with Crippen LogP contribution in [0.2, 0.25) is 0 Å². The molecule has 0 N–H and O–H groups in total. The van der Waals surface area contributed by atoms with Crippen molar-refractivity contribution in [1.82, 2.24) is 4.90 Å². The summed E-state index contributed by atoms with van der Waals surface area (Å²) in [5.41, 5.74) is 0.640. The molecule has 1 aliphatic rings. The predicted molar refractivity (Wildman–Crippen MR) is 86.7 cm³/mol. The van der Waals surface area contributed by atoms with Crippen molar-refractivity contribution in [2.75, 3.05) is 18.0 Å². The lowest BCUT2D eigenvalue weighted by Gasteiger charge is -2.24. The number of hydrogen-bond donors (Lipinski definition) is 0. The van der Waals surface area contributed by atoms with E-state index in [1.165, 1.54) is 12.1 Å². The van der Waals surface area contributed by atoms with Crippen molar-refractivity contribution >= 4 is 17.5 Å². The van der Waals surface area contributed by atoms with Gasteiger partial charge in [-0.05, 0) is 43.3 Å². The quantitative estimate of drug-likeness (QED) is 0.847. The van der Waals surface area contributed by atoms with E-state index in [0.717, 1.165) is 0 Å². The molecule has 1 aliphatic heterocycles. The smallest absolute Gasteiger partial charge is 0.232 e. The summed E-state index contributed by atoms with van der Waals surface area (Å²) in [7, 11) is 0. The van der Waals surface area contributed by atoms with Crippen LogP contribution < -0.4 is 4.90 Å². The molecule has 6 heteroatoms. The molecule has 0 spiro atoms. The Morgan fingerprint density at radius 3 is 2.71 bits per heavy atom. The van der Waals surface area contributed by atoms with Crippen molar-refractivity contribution < 1.29 is 18.4 Å². The standard InChI is InChI=1S/C18H19FN2O3/c1-2-21(15-7-5-14(19)6-8-15)18(23)13-10-17(22)20(11-13)12-16-4-3-9-24-16/h3-9,13H,2,10-12H2,1H3. The van der Waals surface area contributed by atoms with Gasteiger partial charge in [-0.2, -0.15) is 0 Å². The number of benzene rings is 1. The molecule has 2 aromatic rings. The van der Waals surface area contributed by atoms with Crippen LogP contribution in [-0.2, 0) is 16.1 Å². The monoisotopic (exact) mass is 330 g/mol. The first kappa shape index (κ1) is 16.2. The summed E-state index contributed by atoms with van der Waals surface area (Å²) in [6.07, 6.45) is 1.75. The zero-order valence-electron chi connectivity index (χ0n) is 13.4. The largest absolute Gasteiger partial charge is 0.467 e. The van der Waals surface area contributed by atoms with E-state index in [4.69, 9.17) is 4.42 Å². The highest BCUT2D eigenvalue weighted by molar-refractivity contribution is 5.98. The fourth-order valence-corrected chi connectivity index (χ4v) is 2.99. The molecule has 126 valence electrons. The predicted octanol–water partition coefficient (Wildman–Crippen LogP) is 2.82. The van der Waals surface area contributed by atoms with Crippen molar-refractivity contribution in [2.45, 2.75) is 19.9 Å². The van der Waals surface area contributed by atoms with Crippen molar-refractivity contribution in [1.29, 1.82) is 0 Å². The maximum atomic E-state index is 13.1. The number of hydrogen-bond acceptors (Lipinski definition) is 3. The molecule has 1 aromatic carbocycles. The van der Waals surface area contributed by atoms with Crippen molar-refractivity contribution in [3.05, 3.63) is 54.2 Å². The number of halogens is 1. The molecule has 0 bridgehead atoms. The van der Waals surface area contributed by atoms with Gasteiger partial charge in [-0.3, -0.25) is 9.59 Å². The highest BCUT2D eigenvalue weighted by Crippen LogP contribution is 2.25. The Labute approximate surface area is 139 Å². The maximum Gasteiger partial charge on any atom is 0.232 e. The summed E-state index contributed by atoms with van der Waals surface area (Å²) in [4.78, 5) is 28.2. The highest BCUT2D eigenvalue weighted by Gasteiger charge is 2.36. The van der Waals surface area contributed by atoms with E-state index in [1.807, 2.05) is 6.92 Å². The fraction of sp³-hybridized carbons (Fsp3) is 0.333. The zero-order chi connectivity index (χ0) is 17.1. The third kappa shape index (κ3) is 3.32. The normalized spacial score (nSPS) is 17.3. The Bertz CT molecular complexity index is 712. The van der Waals surface area contributed by atoms with Crippen LogP contribution >= 0.6 is 0 Å².